The molecule has 0 saturated carbocycles. The van der Waals surface area contributed by atoms with Crippen LogP contribution in [0.25, 0.3) is 0 Å². The van der Waals surface area contributed by atoms with Crippen molar-refractivity contribution in [3.05, 3.63) is 46.3 Å². The van der Waals surface area contributed by atoms with E-state index < -0.39 is 0 Å². The van der Waals surface area contributed by atoms with Crippen LogP contribution in [0, 0.1) is 5.82 Å². The number of carbonyl (C=O) groups is 1. The zero-order valence-electron chi connectivity index (χ0n) is 9.94. The third-order valence-corrected chi connectivity index (χ3v) is 2.94. The first-order valence-corrected chi connectivity index (χ1v) is 6.33. The number of hydrogen-bond acceptors (Lipinski definition) is 3. The van der Waals surface area contributed by atoms with E-state index in [9.17, 15) is 9.18 Å². The Kier molecular flexibility index (Phi) is 4.16. The molecule has 1 heterocycles. The Morgan fingerprint density at radius 2 is 2.26 bits per heavy atom. The smallest absolute Gasteiger partial charge is 0.242 e. The third-order valence-electron chi connectivity index (χ3n) is 2.45. The molecule has 1 aromatic carbocycles. The van der Waals surface area contributed by atoms with E-state index >= 15 is 0 Å². The summed E-state index contributed by atoms with van der Waals surface area (Å²) in [5, 5.41) is 6.51. The van der Waals surface area contributed by atoms with Crippen LogP contribution in [-0.4, -0.2) is 15.7 Å². The summed E-state index contributed by atoms with van der Waals surface area (Å²) in [6, 6.07) is 6.18. The highest BCUT2D eigenvalue weighted by Gasteiger charge is 2.07. The number of amides is 1. The SMILES string of the molecule is Nc1ccn(CC(=O)NCc2cc(Br)ccc2F)n1. The largest absolute Gasteiger partial charge is 0.382 e. The van der Waals surface area contributed by atoms with Crippen LogP contribution in [0.4, 0.5) is 10.2 Å². The number of nitrogen functional groups attached to an aromatic ring is 1. The number of halogens is 2. The van der Waals surface area contributed by atoms with Gasteiger partial charge in [-0.25, -0.2) is 4.39 Å². The second-order valence-corrected chi connectivity index (χ2v) is 4.87. The van der Waals surface area contributed by atoms with Crippen molar-refractivity contribution in [3.63, 3.8) is 0 Å². The average Bonchev–Trinajstić information content (AvgIpc) is 2.76. The van der Waals surface area contributed by atoms with Crippen molar-refractivity contribution >= 4 is 27.7 Å². The molecule has 0 aliphatic rings. The number of aromatic nitrogens is 2. The molecular formula is C12H12BrFN4O. The standard InChI is InChI=1S/C12H12BrFN4O/c13-9-1-2-10(14)8(5-9)6-16-12(19)7-18-4-3-11(15)17-18/h1-5H,6-7H2,(H2,15,17)(H,16,19). The number of nitrogens with one attached hydrogen (secondary N) is 1. The van der Waals surface area contributed by atoms with Crippen LogP contribution in [0.2, 0.25) is 0 Å². The van der Waals surface area contributed by atoms with E-state index in [1.54, 1.807) is 24.4 Å². The Labute approximate surface area is 117 Å². The molecule has 0 radical (unpaired) electrons. The summed E-state index contributed by atoms with van der Waals surface area (Å²) in [5.74, 6) is -0.264. The van der Waals surface area contributed by atoms with Gasteiger partial charge in [0, 0.05) is 22.8 Å². The number of anilines is 1. The van der Waals surface area contributed by atoms with E-state index in [0.29, 0.717) is 11.4 Å². The van der Waals surface area contributed by atoms with Crippen molar-refractivity contribution in [2.75, 3.05) is 5.73 Å². The quantitative estimate of drug-likeness (QED) is 0.897. The first-order valence-electron chi connectivity index (χ1n) is 5.54. The fourth-order valence-electron chi connectivity index (χ4n) is 1.54. The molecular weight excluding hydrogens is 315 g/mol. The predicted molar refractivity (Wildman–Crippen MR) is 72.6 cm³/mol. The van der Waals surface area contributed by atoms with Gasteiger partial charge >= 0.3 is 0 Å². The summed E-state index contributed by atoms with van der Waals surface area (Å²) >= 11 is 3.25. The molecule has 0 spiro atoms. The normalized spacial score (nSPS) is 10.4. The van der Waals surface area contributed by atoms with Crippen molar-refractivity contribution < 1.29 is 9.18 Å². The van der Waals surface area contributed by atoms with Gasteiger partial charge in [0.25, 0.3) is 0 Å². The molecule has 0 bridgehead atoms. The molecule has 19 heavy (non-hydrogen) atoms. The topological polar surface area (TPSA) is 72.9 Å². The molecule has 1 amide bonds. The minimum absolute atomic E-state index is 0.0484. The predicted octanol–water partition coefficient (Wildman–Crippen LogP) is 1.68. The number of benzene rings is 1. The summed E-state index contributed by atoms with van der Waals surface area (Å²) in [7, 11) is 0. The fourth-order valence-corrected chi connectivity index (χ4v) is 1.95. The number of rotatable bonds is 4. The summed E-state index contributed by atoms with van der Waals surface area (Å²) in [6.45, 7) is 0.174. The number of carbonyl (C=O) groups excluding carboxylic acids is 1. The fraction of sp³-hybridized carbons (Fsp3) is 0.167. The van der Waals surface area contributed by atoms with Gasteiger partial charge < -0.3 is 11.1 Å². The summed E-state index contributed by atoms with van der Waals surface area (Å²) in [6.07, 6.45) is 1.61. The molecule has 2 aromatic rings. The van der Waals surface area contributed by atoms with Gasteiger partial charge in [0.15, 0.2) is 0 Å². The Hall–Kier alpha value is -1.89. The van der Waals surface area contributed by atoms with Crippen LogP contribution in [0.3, 0.4) is 0 Å². The second kappa shape index (κ2) is 5.83. The number of nitrogens with zero attached hydrogens (tertiary/aromatic N) is 2. The van der Waals surface area contributed by atoms with Crippen molar-refractivity contribution in [2.45, 2.75) is 13.1 Å². The molecule has 3 N–H and O–H groups in total. The van der Waals surface area contributed by atoms with Crippen LogP contribution in [0.1, 0.15) is 5.56 Å². The molecule has 0 aliphatic heterocycles. The third kappa shape index (κ3) is 3.78. The summed E-state index contributed by atoms with van der Waals surface area (Å²) in [5.41, 5.74) is 5.86. The number of nitrogens with two attached hydrogens (primary N) is 1. The zero-order chi connectivity index (χ0) is 13.8. The molecule has 100 valence electrons. The van der Waals surface area contributed by atoms with Gasteiger partial charge in [0.05, 0.1) is 0 Å². The van der Waals surface area contributed by atoms with E-state index in [2.05, 4.69) is 26.3 Å². The van der Waals surface area contributed by atoms with E-state index in [0.717, 1.165) is 4.47 Å². The van der Waals surface area contributed by atoms with Gasteiger partial charge in [-0.3, -0.25) is 9.48 Å². The van der Waals surface area contributed by atoms with Crippen molar-refractivity contribution in [3.8, 4) is 0 Å². The van der Waals surface area contributed by atoms with Gasteiger partial charge in [-0.05, 0) is 24.3 Å². The lowest BCUT2D eigenvalue weighted by atomic mass is 10.2. The Balaban J connectivity index is 1.91. The highest BCUT2D eigenvalue weighted by atomic mass is 79.9. The van der Waals surface area contributed by atoms with Crippen LogP contribution in [0.15, 0.2) is 34.9 Å². The molecule has 0 saturated heterocycles. The van der Waals surface area contributed by atoms with Gasteiger partial charge in [-0.2, -0.15) is 5.10 Å². The Morgan fingerprint density at radius 1 is 1.47 bits per heavy atom. The lowest BCUT2D eigenvalue weighted by molar-refractivity contribution is -0.122. The minimum atomic E-state index is -0.355. The molecule has 0 aliphatic carbocycles. The van der Waals surface area contributed by atoms with Crippen molar-refractivity contribution in [1.82, 2.24) is 15.1 Å². The molecule has 0 unspecified atom stereocenters. The van der Waals surface area contributed by atoms with Gasteiger partial charge in [0.2, 0.25) is 5.91 Å². The summed E-state index contributed by atoms with van der Waals surface area (Å²) in [4.78, 5) is 11.6. The highest BCUT2D eigenvalue weighted by molar-refractivity contribution is 9.10. The van der Waals surface area contributed by atoms with Gasteiger partial charge in [-0.1, -0.05) is 15.9 Å². The maximum Gasteiger partial charge on any atom is 0.242 e. The average molecular weight is 327 g/mol. The second-order valence-electron chi connectivity index (χ2n) is 3.95. The first-order chi connectivity index (χ1) is 9.04. The van der Waals surface area contributed by atoms with Crippen LogP contribution in [-0.2, 0) is 17.9 Å². The molecule has 0 atom stereocenters. The van der Waals surface area contributed by atoms with Crippen LogP contribution >= 0.6 is 15.9 Å². The van der Waals surface area contributed by atoms with Gasteiger partial charge in [0.1, 0.15) is 18.2 Å². The zero-order valence-corrected chi connectivity index (χ0v) is 11.5. The van der Waals surface area contributed by atoms with Crippen molar-refractivity contribution in [1.29, 1.82) is 0 Å². The number of hydrogen-bond donors (Lipinski definition) is 2. The highest BCUT2D eigenvalue weighted by Crippen LogP contribution is 2.15. The lowest BCUT2D eigenvalue weighted by Crippen LogP contribution is -2.27. The van der Waals surface area contributed by atoms with Crippen molar-refractivity contribution in [2.24, 2.45) is 0 Å². The molecule has 0 fully saturated rings. The minimum Gasteiger partial charge on any atom is -0.382 e. The Morgan fingerprint density at radius 3 is 2.95 bits per heavy atom. The molecule has 2 rings (SSSR count). The van der Waals surface area contributed by atoms with E-state index in [-0.39, 0.29) is 24.8 Å². The maximum absolute atomic E-state index is 13.4. The van der Waals surface area contributed by atoms with Gasteiger partial charge in [-0.15, -0.1) is 0 Å². The summed E-state index contributed by atoms with van der Waals surface area (Å²) < 4.78 is 15.6. The van der Waals surface area contributed by atoms with E-state index in [1.807, 2.05) is 0 Å². The first kappa shape index (κ1) is 13.5. The molecule has 7 heteroatoms. The molecule has 5 nitrogen and oxygen atoms in total. The van der Waals surface area contributed by atoms with Crippen LogP contribution < -0.4 is 11.1 Å². The Bertz CT molecular complexity index is 599. The lowest BCUT2D eigenvalue weighted by Gasteiger charge is -2.07. The maximum atomic E-state index is 13.4. The van der Waals surface area contributed by atoms with E-state index in [4.69, 9.17) is 5.73 Å². The van der Waals surface area contributed by atoms with Crippen LogP contribution in [0.5, 0.6) is 0 Å². The molecule has 1 aromatic heterocycles. The monoisotopic (exact) mass is 326 g/mol. The van der Waals surface area contributed by atoms with E-state index in [1.165, 1.54) is 10.7 Å².